The Labute approximate surface area is 124 Å². The van der Waals surface area contributed by atoms with Crippen LogP contribution in [-0.4, -0.2) is 29.6 Å². The maximum absolute atomic E-state index is 12.4. The van der Waals surface area contributed by atoms with Crippen LogP contribution in [0.1, 0.15) is 25.1 Å². The highest BCUT2D eigenvalue weighted by Crippen LogP contribution is 2.19. The number of hydrogen-bond donors (Lipinski definition) is 3. The van der Waals surface area contributed by atoms with Gasteiger partial charge < -0.3 is 5.32 Å². The molecule has 0 saturated heterocycles. The van der Waals surface area contributed by atoms with Crippen molar-refractivity contribution in [3.8, 4) is 0 Å². The fourth-order valence-corrected chi connectivity index (χ4v) is 3.04. The van der Waals surface area contributed by atoms with E-state index in [2.05, 4.69) is 25.2 Å². The molecule has 0 aliphatic heterocycles. The van der Waals surface area contributed by atoms with E-state index in [1.165, 1.54) is 6.20 Å². The zero-order valence-corrected chi connectivity index (χ0v) is 13.0. The summed E-state index contributed by atoms with van der Waals surface area (Å²) in [4.78, 5) is 3.88. The zero-order valence-electron chi connectivity index (χ0n) is 12.2. The van der Waals surface area contributed by atoms with E-state index in [4.69, 9.17) is 0 Å². The number of aromatic amines is 1. The molecule has 0 aliphatic carbocycles. The summed E-state index contributed by atoms with van der Waals surface area (Å²) in [5, 5.41) is 9.87. The van der Waals surface area contributed by atoms with Crippen molar-refractivity contribution >= 4 is 15.7 Å². The second-order valence-corrected chi connectivity index (χ2v) is 6.61. The van der Waals surface area contributed by atoms with Gasteiger partial charge in [-0.15, -0.1) is 0 Å². The monoisotopic (exact) mass is 309 g/mol. The molecule has 0 aliphatic rings. The van der Waals surface area contributed by atoms with E-state index in [9.17, 15) is 8.42 Å². The Morgan fingerprint density at radius 1 is 1.38 bits per heavy atom. The molecule has 2 rings (SSSR count). The van der Waals surface area contributed by atoms with Crippen molar-refractivity contribution in [2.75, 3.05) is 4.72 Å². The number of hydrogen-bond acceptors (Lipinski definition) is 5. The average molecular weight is 309 g/mol. The van der Waals surface area contributed by atoms with Crippen LogP contribution in [0.4, 0.5) is 5.69 Å². The number of sulfonamides is 1. The molecule has 0 unspecified atom stereocenters. The molecule has 3 N–H and O–H groups in total. The lowest BCUT2D eigenvalue weighted by Crippen LogP contribution is -2.24. The Kier molecular flexibility index (Phi) is 4.59. The standard InChI is InChI=1S/C13H19N5O2S/c1-9(2)15-8-12-10(3)16-17-13(12)21(19,20)18-11-5-4-6-14-7-11/h4-7,9,15,18H,8H2,1-3H3,(H,16,17). The van der Waals surface area contributed by atoms with Gasteiger partial charge in [0.15, 0.2) is 0 Å². The lowest BCUT2D eigenvalue weighted by Gasteiger charge is -2.10. The molecule has 2 aromatic heterocycles. The molecular weight excluding hydrogens is 290 g/mol. The highest BCUT2D eigenvalue weighted by Gasteiger charge is 2.24. The Morgan fingerprint density at radius 3 is 2.76 bits per heavy atom. The molecule has 114 valence electrons. The fourth-order valence-electron chi connectivity index (χ4n) is 1.79. The van der Waals surface area contributed by atoms with Crippen molar-refractivity contribution in [2.24, 2.45) is 0 Å². The van der Waals surface area contributed by atoms with Gasteiger partial charge in [-0.1, -0.05) is 13.8 Å². The molecule has 8 heteroatoms. The van der Waals surface area contributed by atoms with Gasteiger partial charge in [-0.25, -0.2) is 0 Å². The molecule has 21 heavy (non-hydrogen) atoms. The molecule has 0 saturated carbocycles. The summed E-state index contributed by atoms with van der Waals surface area (Å²) < 4.78 is 27.3. The SMILES string of the molecule is Cc1[nH]nc(S(=O)(=O)Nc2cccnc2)c1CNC(C)C. The number of aromatic nitrogens is 3. The van der Waals surface area contributed by atoms with Crippen LogP contribution in [-0.2, 0) is 16.6 Å². The van der Waals surface area contributed by atoms with Crippen molar-refractivity contribution in [2.45, 2.75) is 38.4 Å². The number of aryl methyl sites for hydroxylation is 1. The van der Waals surface area contributed by atoms with Crippen molar-refractivity contribution in [3.63, 3.8) is 0 Å². The van der Waals surface area contributed by atoms with Crippen LogP contribution in [0.2, 0.25) is 0 Å². The van der Waals surface area contributed by atoms with Crippen LogP contribution in [0.15, 0.2) is 29.6 Å². The molecule has 0 spiro atoms. The first-order chi connectivity index (χ1) is 9.90. The first kappa shape index (κ1) is 15.5. The third kappa shape index (κ3) is 3.79. The van der Waals surface area contributed by atoms with E-state index >= 15 is 0 Å². The third-order valence-corrected chi connectivity index (χ3v) is 4.24. The summed E-state index contributed by atoms with van der Waals surface area (Å²) in [5.41, 5.74) is 1.77. The molecule has 0 amide bonds. The van der Waals surface area contributed by atoms with E-state index in [0.717, 1.165) is 5.69 Å². The van der Waals surface area contributed by atoms with Gasteiger partial charge in [0.1, 0.15) is 0 Å². The van der Waals surface area contributed by atoms with Gasteiger partial charge in [-0.3, -0.25) is 14.8 Å². The van der Waals surface area contributed by atoms with Crippen LogP contribution in [0.3, 0.4) is 0 Å². The summed E-state index contributed by atoms with van der Waals surface area (Å²) in [6.45, 7) is 6.23. The van der Waals surface area contributed by atoms with E-state index < -0.39 is 10.0 Å². The second-order valence-electron chi connectivity index (χ2n) is 5.02. The van der Waals surface area contributed by atoms with Crippen LogP contribution in [0.5, 0.6) is 0 Å². The van der Waals surface area contributed by atoms with E-state index in [0.29, 0.717) is 17.8 Å². The molecule has 2 heterocycles. The van der Waals surface area contributed by atoms with Gasteiger partial charge in [-0.2, -0.15) is 13.5 Å². The number of anilines is 1. The van der Waals surface area contributed by atoms with E-state index in [1.54, 1.807) is 25.3 Å². The van der Waals surface area contributed by atoms with Gasteiger partial charge in [0.2, 0.25) is 5.03 Å². The first-order valence-electron chi connectivity index (χ1n) is 6.60. The second kappa shape index (κ2) is 6.23. The van der Waals surface area contributed by atoms with Crippen molar-refractivity contribution in [3.05, 3.63) is 35.8 Å². The number of nitrogens with zero attached hydrogens (tertiary/aromatic N) is 2. The smallest absolute Gasteiger partial charge is 0.281 e. The highest BCUT2D eigenvalue weighted by atomic mass is 32.2. The number of nitrogens with one attached hydrogen (secondary N) is 3. The quantitative estimate of drug-likeness (QED) is 0.749. The van der Waals surface area contributed by atoms with E-state index in [-0.39, 0.29) is 11.1 Å². The van der Waals surface area contributed by atoms with Crippen molar-refractivity contribution in [1.29, 1.82) is 0 Å². The largest absolute Gasteiger partial charge is 0.310 e. The van der Waals surface area contributed by atoms with Crippen molar-refractivity contribution in [1.82, 2.24) is 20.5 Å². The Morgan fingerprint density at radius 2 is 2.14 bits per heavy atom. The maximum atomic E-state index is 12.4. The minimum absolute atomic E-state index is 0.0111. The molecule has 0 atom stereocenters. The zero-order chi connectivity index (χ0) is 15.5. The summed E-state index contributed by atoms with van der Waals surface area (Å²) in [6, 6.07) is 3.55. The van der Waals surface area contributed by atoms with Crippen LogP contribution < -0.4 is 10.0 Å². The molecule has 0 aromatic carbocycles. The predicted molar refractivity (Wildman–Crippen MR) is 80.3 cm³/mol. The minimum Gasteiger partial charge on any atom is -0.310 e. The molecular formula is C13H19N5O2S. The lowest BCUT2D eigenvalue weighted by molar-refractivity contribution is 0.574. The minimum atomic E-state index is -3.74. The lowest BCUT2D eigenvalue weighted by atomic mass is 10.2. The first-order valence-corrected chi connectivity index (χ1v) is 8.08. The Hall–Kier alpha value is -1.93. The number of pyridine rings is 1. The summed E-state index contributed by atoms with van der Waals surface area (Å²) in [5.74, 6) is 0. The normalized spacial score (nSPS) is 11.8. The number of rotatable bonds is 6. The van der Waals surface area contributed by atoms with Gasteiger partial charge >= 0.3 is 0 Å². The average Bonchev–Trinajstić information content (AvgIpc) is 2.79. The van der Waals surface area contributed by atoms with Gasteiger partial charge in [-0.05, 0) is 19.1 Å². The highest BCUT2D eigenvalue weighted by molar-refractivity contribution is 7.92. The van der Waals surface area contributed by atoms with Crippen LogP contribution >= 0.6 is 0 Å². The molecule has 2 aromatic rings. The Bertz CT molecular complexity index is 695. The van der Waals surface area contributed by atoms with Crippen LogP contribution in [0, 0.1) is 6.92 Å². The molecule has 7 nitrogen and oxygen atoms in total. The maximum Gasteiger partial charge on any atom is 0.281 e. The Balaban J connectivity index is 2.28. The number of H-pyrrole nitrogens is 1. The van der Waals surface area contributed by atoms with Gasteiger partial charge in [0.25, 0.3) is 10.0 Å². The third-order valence-electron chi connectivity index (χ3n) is 2.89. The van der Waals surface area contributed by atoms with Gasteiger partial charge in [0, 0.05) is 30.0 Å². The summed E-state index contributed by atoms with van der Waals surface area (Å²) in [7, 11) is -3.74. The topological polar surface area (TPSA) is 99.8 Å². The fraction of sp³-hybridized carbons (Fsp3) is 0.385. The predicted octanol–water partition coefficient (Wildman–Crippen LogP) is 1.41. The van der Waals surface area contributed by atoms with Crippen molar-refractivity contribution < 1.29 is 8.42 Å². The molecule has 0 bridgehead atoms. The molecule has 0 fully saturated rings. The summed E-state index contributed by atoms with van der Waals surface area (Å²) in [6.07, 6.45) is 3.03. The summed E-state index contributed by atoms with van der Waals surface area (Å²) >= 11 is 0. The van der Waals surface area contributed by atoms with E-state index in [1.807, 2.05) is 13.8 Å². The molecule has 0 radical (unpaired) electrons. The van der Waals surface area contributed by atoms with Crippen LogP contribution in [0.25, 0.3) is 0 Å². The van der Waals surface area contributed by atoms with Gasteiger partial charge in [0.05, 0.1) is 11.9 Å².